The topological polar surface area (TPSA) is 111 Å². The molecular formula is C27H25N3O4. The summed E-state index contributed by atoms with van der Waals surface area (Å²) in [5.41, 5.74) is 10.9. The molecule has 0 spiro atoms. The Labute approximate surface area is 197 Å². The first-order chi connectivity index (χ1) is 16.4. The van der Waals surface area contributed by atoms with E-state index in [2.05, 4.69) is 10.6 Å². The van der Waals surface area contributed by atoms with Crippen LogP contribution in [0.5, 0.6) is 0 Å². The van der Waals surface area contributed by atoms with Crippen molar-refractivity contribution in [3.05, 3.63) is 95.1 Å². The summed E-state index contributed by atoms with van der Waals surface area (Å²) in [7, 11) is 0. The Balaban J connectivity index is 1.77. The van der Waals surface area contributed by atoms with E-state index in [9.17, 15) is 14.4 Å². The molecule has 0 aliphatic carbocycles. The summed E-state index contributed by atoms with van der Waals surface area (Å²) in [6, 6.07) is 21.1. The Morgan fingerprint density at radius 1 is 1.00 bits per heavy atom. The fraction of sp³-hybridized carbons (Fsp3) is 0.148. The van der Waals surface area contributed by atoms with Crippen molar-refractivity contribution >= 4 is 40.3 Å². The van der Waals surface area contributed by atoms with Crippen LogP contribution in [-0.2, 0) is 14.3 Å². The maximum absolute atomic E-state index is 13.1. The van der Waals surface area contributed by atoms with Crippen LogP contribution in [0, 0.1) is 0 Å². The van der Waals surface area contributed by atoms with Gasteiger partial charge in [0.1, 0.15) is 0 Å². The van der Waals surface area contributed by atoms with Gasteiger partial charge in [0.05, 0.1) is 35.2 Å². The number of anilines is 2. The number of ether oxygens (including phenoxy) is 1. The highest BCUT2D eigenvalue weighted by molar-refractivity contribution is 6.37. The fourth-order valence-electron chi connectivity index (χ4n) is 3.80. The minimum Gasteiger partial charge on any atom is -0.462 e. The van der Waals surface area contributed by atoms with E-state index in [0.29, 0.717) is 33.6 Å². The number of fused-ring (bicyclic) bond motifs is 1. The van der Waals surface area contributed by atoms with Crippen molar-refractivity contribution in [3.63, 3.8) is 0 Å². The molecule has 0 fully saturated rings. The number of ketones is 1. The third kappa shape index (κ3) is 4.60. The lowest BCUT2D eigenvalue weighted by Crippen LogP contribution is -2.18. The SMILES string of the molecule is CCOC(=O)c1ccc2c(c1)NC(=O)/C2=C(\Nc1ccc(C(N)C(C)=O)cc1)c1ccccc1. The van der Waals surface area contributed by atoms with Gasteiger partial charge in [-0.1, -0.05) is 48.5 Å². The first-order valence-electron chi connectivity index (χ1n) is 10.9. The molecule has 0 aromatic heterocycles. The second-order valence-electron chi connectivity index (χ2n) is 7.89. The molecule has 172 valence electrons. The van der Waals surface area contributed by atoms with Crippen LogP contribution < -0.4 is 16.4 Å². The first kappa shape index (κ1) is 22.9. The lowest BCUT2D eigenvalue weighted by atomic mass is 9.98. The van der Waals surface area contributed by atoms with Gasteiger partial charge in [-0.05, 0) is 49.2 Å². The van der Waals surface area contributed by atoms with E-state index in [-0.39, 0.29) is 18.3 Å². The van der Waals surface area contributed by atoms with Gasteiger partial charge in [-0.3, -0.25) is 9.59 Å². The van der Waals surface area contributed by atoms with Gasteiger partial charge < -0.3 is 21.1 Å². The lowest BCUT2D eigenvalue weighted by Gasteiger charge is -2.16. The summed E-state index contributed by atoms with van der Waals surface area (Å²) >= 11 is 0. The average Bonchev–Trinajstić information content (AvgIpc) is 3.17. The Morgan fingerprint density at radius 2 is 1.71 bits per heavy atom. The van der Waals surface area contributed by atoms with Crippen molar-refractivity contribution in [1.29, 1.82) is 0 Å². The number of esters is 1. The molecule has 1 aliphatic heterocycles. The van der Waals surface area contributed by atoms with Gasteiger partial charge in [0.2, 0.25) is 0 Å². The lowest BCUT2D eigenvalue weighted by molar-refractivity contribution is -0.118. The smallest absolute Gasteiger partial charge is 0.338 e. The van der Waals surface area contributed by atoms with Crippen LogP contribution in [0.15, 0.2) is 72.8 Å². The monoisotopic (exact) mass is 455 g/mol. The predicted octanol–water partition coefficient (Wildman–Crippen LogP) is 4.38. The van der Waals surface area contributed by atoms with E-state index < -0.39 is 12.0 Å². The van der Waals surface area contributed by atoms with Gasteiger partial charge in [0.15, 0.2) is 5.78 Å². The normalized spacial score (nSPS) is 14.6. The van der Waals surface area contributed by atoms with Gasteiger partial charge in [0, 0.05) is 11.3 Å². The second kappa shape index (κ2) is 9.72. The van der Waals surface area contributed by atoms with Gasteiger partial charge in [0.25, 0.3) is 5.91 Å². The van der Waals surface area contributed by atoms with Crippen molar-refractivity contribution in [1.82, 2.24) is 0 Å². The molecule has 1 heterocycles. The molecule has 0 bridgehead atoms. The molecular weight excluding hydrogens is 430 g/mol. The number of carbonyl (C=O) groups is 3. The summed E-state index contributed by atoms with van der Waals surface area (Å²) in [5, 5.41) is 6.22. The van der Waals surface area contributed by atoms with Crippen LogP contribution in [-0.4, -0.2) is 24.3 Å². The van der Waals surface area contributed by atoms with Crippen molar-refractivity contribution in [2.75, 3.05) is 17.2 Å². The van der Waals surface area contributed by atoms with Crippen molar-refractivity contribution in [2.45, 2.75) is 19.9 Å². The molecule has 1 atom stereocenters. The van der Waals surface area contributed by atoms with Crippen LogP contribution in [0.4, 0.5) is 11.4 Å². The van der Waals surface area contributed by atoms with Gasteiger partial charge in [-0.2, -0.15) is 0 Å². The Kier molecular flexibility index (Phi) is 6.56. The predicted molar refractivity (Wildman–Crippen MR) is 132 cm³/mol. The molecule has 3 aromatic carbocycles. The zero-order valence-corrected chi connectivity index (χ0v) is 18.9. The third-order valence-electron chi connectivity index (χ3n) is 5.56. The molecule has 0 saturated heterocycles. The summed E-state index contributed by atoms with van der Waals surface area (Å²) in [4.78, 5) is 36.8. The molecule has 34 heavy (non-hydrogen) atoms. The van der Waals surface area contributed by atoms with E-state index >= 15 is 0 Å². The summed E-state index contributed by atoms with van der Waals surface area (Å²) < 4.78 is 5.07. The van der Waals surface area contributed by atoms with Crippen LogP contribution in [0.3, 0.4) is 0 Å². The first-order valence-corrected chi connectivity index (χ1v) is 10.9. The largest absolute Gasteiger partial charge is 0.462 e. The molecule has 1 aliphatic rings. The highest BCUT2D eigenvalue weighted by atomic mass is 16.5. The molecule has 1 unspecified atom stereocenters. The molecule has 4 N–H and O–H groups in total. The minimum atomic E-state index is -0.679. The van der Waals surface area contributed by atoms with Gasteiger partial charge in [-0.25, -0.2) is 4.79 Å². The van der Waals surface area contributed by atoms with E-state index in [1.165, 1.54) is 6.92 Å². The molecule has 7 heteroatoms. The van der Waals surface area contributed by atoms with Crippen molar-refractivity contribution < 1.29 is 19.1 Å². The highest BCUT2D eigenvalue weighted by Crippen LogP contribution is 2.38. The maximum Gasteiger partial charge on any atom is 0.338 e. The molecule has 1 amide bonds. The third-order valence-corrected chi connectivity index (χ3v) is 5.56. The second-order valence-corrected chi connectivity index (χ2v) is 7.89. The van der Waals surface area contributed by atoms with Crippen molar-refractivity contribution in [2.24, 2.45) is 5.73 Å². The number of Topliss-reactive ketones (excluding diaryl/α,β-unsaturated/α-hetero) is 1. The summed E-state index contributed by atoms with van der Waals surface area (Å²) in [6.07, 6.45) is 0. The minimum absolute atomic E-state index is 0.116. The van der Waals surface area contributed by atoms with E-state index in [1.807, 2.05) is 42.5 Å². The quantitative estimate of drug-likeness (QED) is 0.360. The molecule has 0 saturated carbocycles. The number of benzene rings is 3. The summed E-state index contributed by atoms with van der Waals surface area (Å²) in [5.74, 6) is -0.839. The zero-order valence-electron chi connectivity index (χ0n) is 18.9. The highest BCUT2D eigenvalue weighted by Gasteiger charge is 2.29. The molecule has 3 aromatic rings. The standard InChI is InChI=1S/C27H25N3O4/c1-3-34-27(33)19-11-14-21-22(15-19)30-26(32)23(21)25(18-7-5-4-6-8-18)29-20-12-9-17(10-13-20)24(28)16(2)31/h4-15,24,29H,3,28H2,1-2H3,(H,30,32)/b25-23-. The van der Waals surface area contributed by atoms with Crippen LogP contribution in [0.1, 0.15) is 46.9 Å². The van der Waals surface area contributed by atoms with E-state index in [4.69, 9.17) is 10.5 Å². The number of amides is 1. The average molecular weight is 456 g/mol. The molecule has 0 radical (unpaired) electrons. The fourth-order valence-corrected chi connectivity index (χ4v) is 3.80. The summed E-state index contributed by atoms with van der Waals surface area (Å²) in [6.45, 7) is 3.47. The number of hydrogen-bond donors (Lipinski definition) is 3. The number of nitrogens with two attached hydrogens (primary N) is 1. The Bertz CT molecular complexity index is 1280. The Hall–Kier alpha value is -4.23. The van der Waals surface area contributed by atoms with Crippen molar-refractivity contribution in [3.8, 4) is 0 Å². The van der Waals surface area contributed by atoms with E-state index in [1.54, 1.807) is 37.3 Å². The number of carbonyl (C=O) groups excluding carboxylic acids is 3. The van der Waals surface area contributed by atoms with Crippen LogP contribution >= 0.6 is 0 Å². The zero-order chi connectivity index (χ0) is 24.2. The van der Waals surface area contributed by atoms with E-state index in [0.717, 1.165) is 11.3 Å². The van der Waals surface area contributed by atoms with Gasteiger partial charge >= 0.3 is 5.97 Å². The number of nitrogens with one attached hydrogen (secondary N) is 2. The number of hydrogen-bond acceptors (Lipinski definition) is 6. The van der Waals surface area contributed by atoms with Crippen LogP contribution in [0.2, 0.25) is 0 Å². The van der Waals surface area contributed by atoms with Gasteiger partial charge in [-0.15, -0.1) is 0 Å². The number of rotatable bonds is 7. The molecule has 4 rings (SSSR count). The maximum atomic E-state index is 13.1. The van der Waals surface area contributed by atoms with Crippen LogP contribution in [0.25, 0.3) is 11.3 Å². The Morgan fingerprint density at radius 3 is 2.35 bits per heavy atom. The molecule has 7 nitrogen and oxygen atoms in total.